The fourth-order valence-corrected chi connectivity index (χ4v) is 2.63. The van der Waals surface area contributed by atoms with E-state index >= 15 is 0 Å². The molecule has 1 aromatic rings. The number of benzene rings is 1. The van der Waals surface area contributed by atoms with Gasteiger partial charge in [0.15, 0.2) is 0 Å². The molecule has 0 bridgehead atoms. The maximum absolute atomic E-state index is 10.7. The van der Waals surface area contributed by atoms with E-state index in [0.29, 0.717) is 12.3 Å². The first-order valence-electron chi connectivity index (χ1n) is 7.35. The van der Waals surface area contributed by atoms with E-state index in [4.69, 9.17) is 9.84 Å². The van der Waals surface area contributed by atoms with Gasteiger partial charge in [-0.25, -0.2) is 0 Å². The summed E-state index contributed by atoms with van der Waals surface area (Å²) in [5, 5.41) is 8.78. The molecule has 1 N–H and O–H groups in total. The average Bonchev–Trinajstić information content (AvgIpc) is 2.48. The minimum Gasteiger partial charge on any atom is -0.481 e. The van der Waals surface area contributed by atoms with Gasteiger partial charge in [-0.1, -0.05) is 18.2 Å². The van der Waals surface area contributed by atoms with Crippen LogP contribution in [0.1, 0.15) is 25.7 Å². The molecule has 0 aliphatic carbocycles. The van der Waals surface area contributed by atoms with Crippen LogP contribution in [0.5, 0.6) is 0 Å². The first-order valence-corrected chi connectivity index (χ1v) is 7.35. The topological polar surface area (TPSA) is 49.8 Å². The number of hydrogen-bond acceptors (Lipinski definition) is 3. The summed E-state index contributed by atoms with van der Waals surface area (Å²) in [5.41, 5.74) is 1.18. The van der Waals surface area contributed by atoms with Crippen LogP contribution in [0.3, 0.4) is 0 Å². The third-order valence-electron chi connectivity index (χ3n) is 3.76. The molecule has 0 saturated carbocycles. The second-order valence-electron chi connectivity index (χ2n) is 5.33. The number of hydrogen-bond donors (Lipinski definition) is 1. The fraction of sp³-hybridized carbons (Fsp3) is 0.562. The normalized spacial score (nSPS) is 16.0. The van der Waals surface area contributed by atoms with Crippen LogP contribution >= 0.6 is 0 Å². The summed E-state index contributed by atoms with van der Waals surface area (Å²) in [4.78, 5) is 13.0. The Morgan fingerprint density at radius 2 is 1.95 bits per heavy atom. The van der Waals surface area contributed by atoms with Crippen molar-refractivity contribution in [1.82, 2.24) is 0 Å². The molecule has 4 heteroatoms. The van der Waals surface area contributed by atoms with Crippen LogP contribution < -0.4 is 4.90 Å². The van der Waals surface area contributed by atoms with E-state index in [-0.39, 0.29) is 6.42 Å². The van der Waals surface area contributed by atoms with Crippen molar-refractivity contribution in [2.45, 2.75) is 25.7 Å². The molecule has 0 radical (unpaired) electrons. The highest BCUT2D eigenvalue weighted by atomic mass is 16.5. The molecule has 110 valence electrons. The Morgan fingerprint density at radius 3 is 2.60 bits per heavy atom. The number of ether oxygens (including phenoxy) is 1. The lowest BCUT2D eigenvalue weighted by Gasteiger charge is -2.31. The lowest BCUT2D eigenvalue weighted by atomic mass is 9.99. The van der Waals surface area contributed by atoms with Crippen LogP contribution in [0, 0.1) is 5.92 Å². The van der Waals surface area contributed by atoms with Crippen LogP contribution in [-0.2, 0) is 9.53 Å². The van der Waals surface area contributed by atoms with Crippen molar-refractivity contribution in [3.63, 3.8) is 0 Å². The van der Waals surface area contributed by atoms with Crippen molar-refractivity contribution in [3.8, 4) is 0 Å². The van der Waals surface area contributed by atoms with E-state index in [2.05, 4.69) is 17.0 Å². The maximum Gasteiger partial charge on any atom is 0.303 e. The molecule has 2 rings (SSSR count). The molecule has 1 aliphatic rings. The fourth-order valence-electron chi connectivity index (χ4n) is 2.63. The molecule has 0 spiro atoms. The van der Waals surface area contributed by atoms with Gasteiger partial charge in [0.05, 0.1) is 0 Å². The predicted molar refractivity (Wildman–Crippen MR) is 79.1 cm³/mol. The smallest absolute Gasteiger partial charge is 0.303 e. The van der Waals surface area contributed by atoms with E-state index < -0.39 is 5.97 Å². The molecule has 1 saturated heterocycles. The van der Waals surface area contributed by atoms with Gasteiger partial charge in [0.2, 0.25) is 0 Å². The molecule has 4 nitrogen and oxygen atoms in total. The zero-order valence-corrected chi connectivity index (χ0v) is 11.8. The molecule has 1 heterocycles. The molecular formula is C16H23NO3. The Bertz CT molecular complexity index is 401. The summed E-state index contributed by atoms with van der Waals surface area (Å²) in [6, 6.07) is 10.3. The van der Waals surface area contributed by atoms with Crippen molar-refractivity contribution in [2.24, 2.45) is 5.92 Å². The summed E-state index contributed by atoms with van der Waals surface area (Å²) in [6.45, 7) is 3.49. The van der Waals surface area contributed by atoms with Gasteiger partial charge >= 0.3 is 5.97 Å². The van der Waals surface area contributed by atoms with Crippen LogP contribution in [0.2, 0.25) is 0 Å². The number of anilines is 1. The lowest BCUT2D eigenvalue weighted by Crippen LogP contribution is -2.33. The van der Waals surface area contributed by atoms with Crippen LogP contribution in [0.4, 0.5) is 5.69 Å². The molecule has 0 aromatic heterocycles. The number of carbonyl (C=O) groups is 1. The number of carboxylic acid groups (broad SMARTS) is 1. The third-order valence-corrected chi connectivity index (χ3v) is 3.76. The van der Waals surface area contributed by atoms with Gasteiger partial charge in [-0.15, -0.1) is 0 Å². The maximum atomic E-state index is 10.7. The SMILES string of the molecule is O=C(O)CCCN(CC1CCOCC1)c1ccccc1. The highest BCUT2D eigenvalue weighted by Crippen LogP contribution is 2.21. The van der Waals surface area contributed by atoms with Crippen LogP contribution in [0.25, 0.3) is 0 Å². The zero-order valence-electron chi connectivity index (χ0n) is 11.8. The molecule has 1 fully saturated rings. The van der Waals surface area contributed by atoms with Crippen molar-refractivity contribution < 1.29 is 14.6 Å². The summed E-state index contributed by atoms with van der Waals surface area (Å²) in [6.07, 6.45) is 3.12. The summed E-state index contributed by atoms with van der Waals surface area (Å²) < 4.78 is 5.40. The van der Waals surface area contributed by atoms with Crippen LogP contribution in [0.15, 0.2) is 30.3 Å². The minimum atomic E-state index is -0.718. The largest absolute Gasteiger partial charge is 0.481 e. The van der Waals surface area contributed by atoms with Crippen molar-refractivity contribution in [3.05, 3.63) is 30.3 Å². The van der Waals surface area contributed by atoms with Gasteiger partial charge in [0.25, 0.3) is 0 Å². The molecular weight excluding hydrogens is 254 g/mol. The van der Waals surface area contributed by atoms with Gasteiger partial charge in [0.1, 0.15) is 0 Å². The highest BCUT2D eigenvalue weighted by Gasteiger charge is 2.18. The number of aliphatic carboxylic acids is 1. The third kappa shape index (κ3) is 4.85. The number of nitrogens with zero attached hydrogens (tertiary/aromatic N) is 1. The van der Waals surface area contributed by atoms with Gasteiger partial charge in [-0.2, -0.15) is 0 Å². The Hall–Kier alpha value is -1.55. The lowest BCUT2D eigenvalue weighted by molar-refractivity contribution is -0.137. The monoisotopic (exact) mass is 277 g/mol. The second kappa shape index (κ2) is 7.90. The quantitative estimate of drug-likeness (QED) is 0.832. The minimum absolute atomic E-state index is 0.233. The Labute approximate surface area is 120 Å². The standard InChI is InChI=1S/C16H23NO3/c18-16(19)7-4-10-17(15-5-2-1-3-6-15)13-14-8-11-20-12-9-14/h1-3,5-6,14H,4,7-13H2,(H,18,19). The Morgan fingerprint density at radius 1 is 1.25 bits per heavy atom. The van der Waals surface area contributed by atoms with E-state index in [1.807, 2.05) is 18.2 Å². The predicted octanol–water partition coefficient (Wildman–Crippen LogP) is 2.78. The number of rotatable bonds is 7. The number of para-hydroxylation sites is 1. The zero-order chi connectivity index (χ0) is 14.2. The van der Waals surface area contributed by atoms with E-state index in [1.165, 1.54) is 5.69 Å². The molecule has 0 unspecified atom stereocenters. The van der Waals surface area contributed by atoms with Gasteiger partial charge < -0.3 is 14.7 Å². The molecule has 0 amide bonds. The van der Waals surface area contributed by atoms with Gasteiger partial charge in [-0.05, 0) is 37.3 Å². The van der Waals surface area contributed by atoms with E-state index in [0.717, 1.165) is 39.1 Å². The van der Waals surface area contributed by atoms with Crippen molar-refractivity contribution in [1.29, 1.82) is 0 Å². The van der Waals surface area contributed by atoms with Gasteiger partial charge in [-0.3, -0.25) is 4.79 Å². The molecule has 1 aromatic carbocycles. The van der Waals surface area contributed by atoms with Gasteiger partial charge in [0, 0.05) is 38.4 Å². The van der Waals surface area contributed by atoms with Crippen LogP contribution in [-0.4, -0.2) is 37.4 Å². The molecule has 20 heavy (non-hydrogen) atoms. The van der Waals surface area contributed by atoms with Crippen molar-refractivity contribution >= 4 is 11.7 Å². The highest BCUT2D eigenvalue weighted by molar-refractivity contribution is 5.66. The number of carboxylic acids is 1. The summed E-state index contributed by atoms with van der Waals surface area (Å²) in [7, 11) is 0. The Kier molecular flexibility index (Phi) is 5.87. The summed E-state index contributed by atoms with van der Waals surface area (Å²) >= 11 is 0. The first-order chi connectivity index (χ1) is 9.75. The van der Waals surface area contributed by atoms with Crippen molar-refractivity contribution in [2.75, 3.05) is 31.2 Å². The summed E-state index contributed by atoms with van der Waals surface area (Å²) in [5.74, 6) is -0.0714. The van der Waals surface area contributed by atoms with E-state index in [9.17, 15) is 4.79 Å². The Balaban J connectivity index is 1.93. The van der Waals surface area contributed by atoms with E-state index in [1.54, 1.807) is 0 Å². The second-order valence-corrected chi connectivity index (χ2v) is 5.33. The first kappa shape index (κ1) is 14.9. The average molecular weight is 277 g/mol. The molecule has 1 aliphatic heterocycles. The molecule has 0 atom stereocenters.